The van der Waals surface area contributed by atoms with Gasteiger partial charge in [0.15, 0.2) is 6.61 Å². The first-order chi connectivity index (χ1) is 13.2. The summed E-state index contributed by atoms with van der Waals surface area (Å²) in [6.45, 7) is 5.63. The maximum absolute atomic E-state index is 12.9. The average molecular weight is 423 g/mol. The Morgan fingerprint density at radius 3 is 2.43 bits per heavy atom. The molecule has 0 unspecified atom stereocenters. The van der Waals surface area contributed by atoms with Gasteiger partial charge < -0.3 is 15.0 Å². The van der Waals surface area contributed by atoms with Gasteiger partial charge in [-0.2, -0.15) is 0 Å². The molecule has 0 heterocycles. The van der Waals surface area contributed by atoms with Crippen LogP contribution in [-0.4, -0.2) is 36.4 Å². The third-order valence-corrected chi connectivity index (χ3v) is 5.20. The summed E-state index contributed by atoms with van der Waals surface area (Å²) in [5.74, 6) is 0.0125. The van der Waals surface area contributed by atoms with Crippen molar-refractivity contribution in [2.75, 3.05) is 13.7 Å². The number of carbonyl (C=O) groups excluding carboxylic acids is 2. The number of amides is 2. The van der Waals surface area contributed by atoms with Gasteiger partial charge in [0.2, 0.25) is 5.91 Å². The number of hydrogen-bond donors (Lipinski definition) is 1. The van der Waals surface area contributed by atoms with E-state index >= 15 is 0 Å². The van der Waals surface area contributed by atoms with Crippen LogP contribution in [0.25, 0.3) is 0 Å². The number of halogens is 2. The molecule has 0 bridgehead atoms. The van der Waals surface area contributed by atoms with Crippen LogP contribution in [0.5, 0.6) is 5.75 Å². The molecular formula is C21H24Cl2N2O3. The molecule has 0 spiro atoms. The highest BCUT2D eigenvalue weighted by Crippen LogP contribution is 2.23. The lowest BCUT2D eigenvalue weighted by Crippen LogP contribution is -2.48. The first-order valence-electron chi connectivity index (χ1n) is 8.88. The normalized spacial score (nSPS) is 11.6. The summed E-state index contributed by atoms with van der Waals surface area (Å²) in [6, 6.07) is 9.99. The second-order valence-corrected chi connectivity index (χ2v) is 7.43. The lowest BCUT2D eigenvalue weighted by atomic mass is 10.1. The number of benzene rings is 2. The molecule has 0 aliphatic carbocycles. The number of nitrogens with one attached hydrogen (secondary N) is 1. The largest absolute Gasteiger partial charge is 0.484 e. The molecule has 0 aromatic heterocycles. The minimum absolute atomic E-state index is 0.166. The highest BCUT2D eigenvalue weighted by atomic mass is 35.5. The summed E-state index contributed by atoms with van der Waals surface area (Å²) in [4.78, 5) is 26.4. The number of rotatable bonds is 7. The predicted molar refractivity (Wildman–Crippen MR) is 112 cm³/mol. The maximum atomic E-state index is 12.9. The monoisotopic (exact) mass is 422 g/mol. The fourth-order valence-corrected chi connectivity index (χ4v) is 3.12. The van der Waals surface area contributed by atoms with Crippen molar-refractivity contribution in [3.05, 3.63) is 63.1 Å². The molecule has 7 heteroatoms. The van der Waals surface area contributed by atoms with Gasteiger partial charge in [0.1, 0.15) is 11.8 Å². The standard InChI is InChI=1S/C21H24Cl2N2O3/c1-13-5-8-18(9-14(13)2)28-12-20(26)25(15(3)21(27)24-4)11-16-6-7-17(22)10-19(16)23/h5-10,15H,11-12H2,1-4H3,(H,24,27)/t15-/m0/s1. The Labute approximate surface area is 175 Å². The number of likely N-dealkylation sites (N-methyl/N-ethyl adjacent to an activating group) is 1. The molecule has 28 heavy (non-hydrogen) atoms. The van der Waals surface area contributed by atoms with Crippen LogP contribution < -0.4 is 10.1 Å². The van der Waals surface area contributed by atoms with Crippen LogP contribution in [0.4, 0.5) is 0 Å². The van der Waals surface area contributed by atoms with E-state index in [2.05, 4.69) is 5.32 Å². The van der Waals surface area contributed by atoms with Crippen LogP contribution in [-0.2, 0) is 16.1 Å². The predicted octanol–water partition coefficient (Wildman–Crippen LogP) is 4.15. The number of aryl methyl sites for hydroxylation is 2. The Balaban J connectivity index is 2.18. The van der Waals surface area contributed by atoms with Crippen molar-refractivity contribution >= 4 is 35.0 Å². The molecule has 2 aromatic rings. The van der Waals surface area contributed by atoms with Gasteiger partial charge in [-0.1, -0.05) is 35.3 Å². The topological polar surface area (TPSA) is 58.6 Å². The average Bonchev–Trinajstić information content (AvgIpc) is 2.67. The number of carbonyl (C=O) groups is 2. The Morgan fingerprint density at radius 2 is 1.82 bits per heavy atom. The van der Waals surface area contributed by atoms with E-state index in [1.165, 1.54) is 11.9 Å². The zero-order chi connectivity index (χ0) is 20.8. The maximum Gasteiger partial charge on any atom is 0.261 e. The Morgan fingerprint density at radius 1 is 1.11 bits per heavy atom. The van der Waals surface area contributed by atoms with Gasteiger partial charge in [-0.3, -0.25) is 9.59 Å². The molecule has 0 radical (unpaired) electrons. The summed E-state index contributed by atoms with van der Waals surface area (Å²) in [5, 5.41) is 3.51. The number of ether oxygens (including phenoxy) is 1. The van der Waals surface area contributed by atoms with E-state index in [4.69, 9.17) is 27.9 Å². The van der Waals surface area contributed by atoms with Crippen LogP contribution in [0, 0.1) is 13.8 Å². The Hall–Kier alpha value is -2.24. The summed E-state index contributed by atoms with van der Waals surface area (Å²) in [5.41, 5.74) is 2.92. The SMILES string of the molecule is CNC(=O)[C@H](C)N(Cc1ccc(Cl)cc1Cl)C(=O)COc1ccc(C)c(C)c1. The summed E-state index contributed by atoms with van der Waals surface area (Å²) < 4.78 is 5.66. The van der Waals surface area contributed by atoms with Crippen molar-refractivity contribution in [1.82, 2.24) is 10.2 Å². The van der Waals surface area contributed by atoms with Gasteiger partial charge in [0.25, 0.3) is 5.91 Å². The molecule has 0 saturated carbocycles. The van der Waals surface area contributed by atoms with E-state index < -0.39 is 6.04 Å². The molecule has 0 fully saturated rings. The molecular weight excluding hydrogens is 399 g/mol. The Bertz CT molecular complexity index is 871. The molecule has 0 aliphatic heterocycles. The van der Waals surface area contributed by atoms with E-state index in [0.29, 0.717) is 21.4 Å². The summed E-state index contributed by atoms with van der Waals surface area (Å²) in [7, 11) is 1.53. The molecule has 1 atom stereocenters. The minimum Gasteiger partial charge on any atom is -0.484 e. The zero-order valence-electron chi connectivity index (χ0n) is 16.4. The third-order valence-electron chi connectivity index (χ3n) is 4.61. The van der Waals surface area contributed by atoms with Crippen molar-refractivity contribution in [3.63, 3.8) is 0 Å². The molecule has 2 amide bonds. The second-order valence-electron chi connectivity index (χ2n) is 6.58. The van der Waals surface area contributed by atoms with Crippen LogP contribution in [0.3, 0.4) is 0 Å². The van der Waals surface area contributed by atoms with Gasteiger partial charge in [-0.25, -0.2) is 0 Å². The molecule has 0 saturated heterocycles. The van der Waals surface area contributed by atoms with Crippen molar-refractivity contribution < 1.29 is 14.3 Å². The van der Waals surface area contributed by atoms with E-state index in [1.807, 2.05) is 32.0 Å². The van der Waals surface area contributed by atoms with Crippen LogP contribution >= 0.6 is 23.2 Å². The minimum atomic E-state index is -0.687. The molecule has 150 valence electrons. The van der Waals surface area contributed by atoms with Crippen molar-refractivity contribution in [2.24, 2.45) is 0 Å². The van der Waals surface area contributed by atoms with Gasteiger partial charge in [0, 0.05) is 23.6 Å². The van der Waals surface area contributed by atoms with Crippen LogP contribution in [0.1, 0.15) is 23.6 Å². The highest BCUT2D eigenvalue weighted by Gasteiger charge is 2.26. The summed E-state index contributed by atoms with van der Waals surface area (Å²) in [6.07, 6.45) is 0. The molecule has 2 rings (SSSR count). The van der Waals surface area contributed by atoms with E-state index in [1.54, 1.807) is 25.1 Å². The van der Waals surface area contributed by atoms with E-state index in [-0.39, 0.29) is 25.0 Å². The third kappa shape index (κ3) is 5.63. The Kier molecular flexibility index (Phi) is 7.72. The summed E-state index contributed by atoms with van der Waals surface area (Å²) >= 11 is 12.2. The highest BCUT2D eigenvalue weighted by molar-refractivity contribution is 6.35. The fourth-order valence-electron chi connectivity index (χ4n) is 2.66. The second kappa shape index (κ2) is 9.80. The number of hydrogen-bond acceptors (Lipinski definition) is 3. The van der Waals surface area contributed by atoms with Crippen molar-refractivity contribution in [1.29, 1.82) is 0 Å². The molecule has 2 aromatic carbocycles. The van der Waals surface area contributed by atoms with Gasteiger partial charge in [-0.05, 0) is 61.7 Å². The lowest BCUT2D eigenvalue weighted by molar-refractivity contribution is -0.142. The first kappa shape index (κ1) is 22.1. The smallest absolute Gasteiger partial charge is 0.261 e. The van der Waals surface area contributed by atoms with Crippen LogP contribution in [0.15, 0.2) is 36.4 Å². The van der Waals surface area contributed by atoms with E-state index in [9.17, 15) is 9.59 Å². The number of nitrogens with zero attached hydrogens (tertiary/aromatic N) is 1. The van der Waals surface area contributed by atoms with Crippen molar-refractivity contribution in [3.8, 4) is 5.75 Å². The van der Waals surface area contributed by atoms with Crippen molar-refractivity contribution in [2.45, 2.75) is 33.4 Å². The molecule has 1 N–H and O–H groups in total. The first-order valence-corrected chi connectivity index (χ1v) is 9.63. The zero-order valence-corrected chi connectivity index (χ0v) is 17.9. The van der Waals surface area contributed by atoms with Gasteiger partial charge >= 0.3 is 0 Å². The molecule has 0 aliphatic rings. The van der Waals surface area contributed by atoms with Crippen LogP contribution in [0.2, 0.25) is 10.0 Å². The van der Waals surface area contributed by atoms with Gasteiger partial charge in [-0.15, -0.1) is 0 Å². The van der Waals surface area contributed by atoms with E-state index in [0.717, 1.165) is 11.1 Å². The lowest BCUT2D eigenvalue weighted by Gasteiger charge is -2.28. The molecule has 5 nitrogen and oxygen atoms in total. The quantitative estimate of drug-likeness (QED) is 0.728. The van der Waals surface area contributed by atoms with Gasteiger partial charge in [0.05, 0.1) is 0 Å². The fraction of sp³-hybridized carbons (Fsp3) is 0.333.